The van der Waals surface area contributed by atoms with E-state index in [0.717, 1.165) is 24.0 Å². The van der Waals surface area contributed by atoms with Crippen molar-refractivity contribution < 1.29 is 0 Å². The highest BCUT2D eigenvalue weighted by molar-refractivity contribution is 6.15. The van der Waals surface area contributed by atoms with Crippen LogP contribution in [0.3, 0.4) is 0 Å². The predicted molar refractivity (Wildman–Crippen MR) is 144 cm³/mol. The number of hydrogen-bond donors (Lipinski definition) is 0. The van der Waals surface area contributed by atoms with Gasteiger partial charge in [0.25, 0.3) is 0 Å². The van der Waals surface area contributed by atoms with Gasteiger partial charge in [-0.2, -0.15) is 0 Å². The van der Waals surface area contributed by atoms with Gasteiger partial charge in [0.1, 0.15) is 5.65 Å². The number of hydrogen-bond acceptors (Lipinski definition) is 1. The second kappa shape index (κ2) is 6.17. The number of para-hydroxylation sites is 1. The van der Waals surface area contributed by atoms with Crippen molar-refractivity contribution in [1.29, 1.82) is 0 Å². The first-order valence-corrected chi connectivity index (χ1v) is 12.3. The molecule has 2 aliphatic rings. The quantitative estimate of drug-likeness (QED) is 0.217. The second-order valence-electron chi connectivity index (χ2n) is 9.98. The lowest BCUT2D eigenvalue weighted by molar-refractivity contribution is 1.21. The molecule has 0 fully saturated rings. The molecule has 0 saturated carbocycles. The molecule has 0 unspecified atom stereocenters. The van der Waals surface area contributed by atoms with Crippen molar-refractivity contribution in [1.82, 2.24) is 9.38 Å². The van der Waals surface area contributed by atoms with E-state index in [-0.39, 0.29) is 0 Å². The number of fused-ring (bicyclic) bond motifs is 15. The number of imidazole rings is 1. The summed E-state index contributed by atoms with van der Waals surface area (Å²) in [6.07, 6.45) is 2.03. The Morgan fingerprint density at radius 2 is 1.29 bits per heavy atom. The molecule has 0 radical (unpaired) electrons. The van der Waals surface area contributed by atoms with E-state index in [1.807, 2.05) is 0 Å². The highest BCUT2D eigenvalue weighted by Gasteiger charge is 2.28. The van der Waals surface area contributed by atoms with Crippen LogP contribution in [0.15, 0.2) is 97.1 Å². The normalized spacial score (nSPS) is 13.5. The lowest BCUT2D eigenvalue weighted by atomic mass is 9.97. The summed E-state index contributed by atoms with van der Waals surface area (Å²) >= 11 is 0. The molecule has 2 aromatic heterocycles. The zero-order chi connectivity index (χ0) is 22.7. The van der Waals surface area contributed by atoms with Crippen molar-refractivity contribution in [2.75, 3.05) is 0 Å². The monoisotopic (exact) mass is 444 g/mol. The molecule has 0 spiro atoms. The van der Waals surface area contributed by atoms with Crippen LogP contribution in [0.25, 0.3) is 60.6 Å². The van der Waals surface area contributed by atoms with Crippen LogP contribution in [0.1, 0.15) is 22.3 Å². The number of pyridine rings is 1. The molecule has 0 amide bonds. The summed E-state index contributed by atoms with van der Waals surface area (Å²) in [7, 11) is 0. The zero-order valence-corrected chi connectivity index (χ0v) is 19.0. The van der Waals surface area contributed by atoms with Crippen LogP contribution < -0.4 is 0 Å². The third-order valence-corrected chi connectivity index (χ3v) is 8.18. The van der Waals surface area contributed by atoms with Gasteiger partial charge in [0.15, 0.2) is 0 Å². The summed E-state index contributed by atoms with van der Waals surface area (Å²) in [4.78, 5) is 5.22. The van der Waals surface area contributed by atoms with Crippen LogP contribution in [0, 0.1) is 0 Å². The van der Waals surface area contributed by atoms with Crippen LogP contribution in [-0.4, -0.2) is 9.38 Å². The van der Waals surface area contributed by atoms with Crippen molar-refractivity contribution in [3.8, 4) is 22.3 Å². The molecule has 2 heterocycles. The van der Waals surface area contributed by atoms with E-state index in [9.17, 15) is 0 Å². The number of rotatable bonds is 0. The van der Waals surface area contributed by atoms with Crippen LogP contribution >= 0.6 is 0 Å². The maximum Gasteiger partial charge on any atom is 0.146 e. The third-order valence-electron chi connectivity index (χ3n) is 8.18. The summed E-state index contributed by atoms with van der Waals surface area (Å²) in [6.45, 7) is 0. The standard InChI is InChI=1S/C33H20N2/c1-2-8-23-19(7-1)15-21-17-22-16-20-13-14-29-32(31(20)28(22)18-27(21)23)35-30-12-6-5-10-25(30)24-9-3-4-11-26(24)33(35)34-29/h1-14,17-18H,15-16H2. The average Bonchev–Trinajstić information content (AvgIpc) is 3.58. The lowest BCUT2D eigenvalue weighted by Crippen LogP contribution is -1.93. The van der Waals surface area contributed by atoms with Gasteiger partial charge in [-0.3, -0.25) is 4.40 Å². The molecule has 35 heavy (non-hydrogen) atoms. The molecule has 9 rings (SSSR count). The Kier molecular flexibility index (Phi) is 3.16. The molecule has 2 nitrogen and oxygen atoms in total. The molecule has 2 aliphatic carbocycles. The fourth-order valence-electron chi connectivity index (χ4n) is 6.70. The Morgan fingerprint density at radius 1 is 0.543 bits per heavy atom. The Hall–Kier alpha value is -4.43. The Morgan fingerprint density at radius 3 is 2.23 bits per heavy atom. The topological polar surface area (TPSA) is 17.3 Å². The molecular formula is C33H20N2. The SMILES string of the molecule is c1ccc2c(c1)Cc1cc3c(cc1-2)-c1c(ccc2nc4c5ccccc5c5ccccc5n4c12)C3. The highest BCUT2D eigenvalue weighted by atomic mass is 15.0. The summed E-state index contributed by atoms with van der Waals surface area (Å²) in [6, 6.07) is 35.8. The zero-order valence-electron chi connectivity index (χ0n) is 19.0. The van der Waals surface area contributed by atoms with Crippen molar-refractivity contribution in [2.24, 2.45) is 0 Å². The predicted octanol–water partition coefficient (Wildman–Crippen LogP) is 7.94. The van der Waals surface area contributed by atoms with E-state index in [2.05, 4.69) is 101 Å². The van der Waals surface area contributed by atoms with Gasteiger partial charge < -0.3 is 0 Å². The smallest absolute Gasteiger partial charge is 0.146 e. The van der Waals surface area contributed by atoms with Gasteiger partial charge >= 0.3 is 0 Å². The van der Waals surface area contributed by atoms with E-state index in [0.29, 0.717) is 0 Å². The third kappa shape index (κ3) is 2.18. The van der Waals surface area contributed by atoms with E-state index in [1.54, 1.807) is 0 Å². The van der Waals surface area contributed by atoms with Crippen LogP contribution in [0.5, 0.6) is 0 Å². The average molecular weight is 445 g/mol. The van der Waals surface area contributed by atoms with E-state index >= 15 is 0 Å². The minimum absolute atomic E-state index is 0.989. The van der Waals surface area contributed by atoms with Gasteiger partial charge in [0.05, 0.1) is 16.6 Å². The van der Waals surface area contributed by atoms with Gasteiger partial charge in [-0.05, 0) is 75.4 Å². The van der Waals surface area contributed by atoms with Crippen molar-refractivity contribution >= 4 is 38.4 Å². The van der Waals surface area contributed by atoms with Gasteiger partial charge in [0.2, 0.25) is 0 Å². The molecule has 0 atom stereocenters. The fourth-order valence-corrected chi connectivity index (χ4v) is 6.70. The molecule has 5 aromatic carbocycles. The number of benzene rings is 5. The van der Waals surface area contributed by atoms with Crippen LogP contribution in [0.4, 0.5) is 0 Å². The molecule has 7 aromatic rings. The van der Waals surface area contributed by atoms with E-state index < -0.39 is 0 Å². The highest BCUT2D eigenvalue weighted by Crippen LogP contribution is 2.47. The Balaban J connectivity index is 1.46. The number of aromatic nitrogens is 2. The van der Waals surface area contributed by atoms with Gasteiger partial charge in [-0.25, -0.2) is 4.98 Å². The number of nitrogens with zero attached hydrogens (tertiary/aromatic N) is 2. The first-order valence-electron chi connectivity index (χ1n) is 12.3. The minimum Gasteiger partial charge on any atom is -0.291 e. The maximum absolute atomic E-state index is 5.22. The largest absolute Gasteiger partial charge is 0.291 e. The fraction of sp³-hybridized carbons (Fsp3) is 0.0606. The first-order chi connectivity index (χ1) is 17.3. The summed E-state index contributed by atoms with van der Waals surface area (Å²) in [5.74, 6) is 0. The van der Waals surface area contributed by atoms with E-state index in [1.165, 1.54) is 71.7 Å². The van der Waals surface area contributed by atoms with Crippen molar-refractivity contribution in [2.45, 2.75) is 12.8 Å². The minimum atomic E-state index is 0.989. The van der Waals surface area contributed by atoms with Crippen molar-refractivity contribution in [3.05, 3.63) is 119 Å². The maximum atomic E-state index is 5.22. The molecular weight excluding hydrogens is 424 g/mol. The molecule has 0 saturated heterocycles. The van der Waals surface area contributed by atoms with Gasteiger partial charge in [-0.15, -0.1) is 0 Å². The van der Waals surface area contributed by atoms with Gasteiger partial charge in [0, 0.05) is 16.3 Å². The second-order valence-corrected chi connectivity index (χ2v) is 9.98. The molecule has 2 heteroatoms. The van der Waals surface area contributed by atoms with Crippen LogP contribution in [-0.2, 0) is 12.8 Å². The summed E-state index contributed by atoms with van der Waals surface area (Å²) in [5.41, 5.74) is 15.8. The summed E-state index contributed by atoms with van der Waals surface area (Å²) < 4.78 is 2.42. The molecule has 0 bridgehead atoms. The molecule has 162 valence electrons. The Bertz CT molecular complexity index is 2060. The summed E-state index contributed by atoms with van der Waals surface area (Å²) in [5, 5.41) is 3.74. The Labute approximate surface area is 202 Å². The van der Waals surface area contributed by atoms with Crippen molar-refractivity contribution in [3.63, 3.8) is 0 Å². The molecule has 0 aliphatic heterocycles. The van der Waals surface area contributed by atoms with Gasteiger partial charge in [-0.1, -0.05) is 78.9 Å². The molecule has 0 N–H and O–H groups in total. The van der Waals surface area contributed by atoms with Crippen LogP contribution in [0.2, 0.25) is 0 Å². The van der Waals surface area contributed by atoms with E-state index in [4.69, 9.17) is 4.98 Å². The lowest BCUT2D eigenvalue weighted by Gasteiger charge is -2.11. The first kappa shape index (κ1) is 18.0.